The van der Waals surface area contributed by atoms with Crippen molar-refractivity contribution >= 4 is 5.91 Å². The van der Waals surface area contributed by atoms with E-state index < -0.39 is 42.7 Å². The molecule has 5 N–H and O–H groups in total. The minimum atomic E-state index is -2.44. The van der Waals surface area contributed by atoms with Crippen molar-refractivity contribution in [1.29, 1.82) is 0 Å². The van der Waals surface area contributed by atoms with E-state index in [0.29, 0.717) is 6.54 Å². The van der Waals surface area contributed by atoms with E-state index in [1.54, 1.807) is 0 Å². The molecule has 1 fully saturated rings. The van der Waals surface area contributed by atoms with E-state index in [0.717, 1.165) is 32.1 Å². The summed E-state index contributed by atoms with van der Waals surface area (Å²) >= 11 is 0. The van der Waals surface area contributed by atoms with Crippen molar-refractivity contribution in [3.8, 4) is 0 Å². The zero-order chi connectivity index (χ0) is 17.5. The number of carbonyl (C=O) groups excluding carboxylic acids is 1. The fourth-order valence-electron chi connectivity index (χ4n) is 2.65. The van der Waals surface area contributed by atoms with Gasteiger partial charge in [-0.15, -0.1) is 0 Å². The van der Waals surface area contributed by atoms with Gasteiger partial charge < -0.3 is 35.2 Å². The summed E-state index contributed by atoms with van der Waals surface area (Å²) in [6.45, 7) is 1.87. The summed E-state index contributed by atoms with van der Waals surface area (Å²) in [5, 5.41) is 42.2. The Morgan fingerprint density at radius 3 is 2.48 bits per heavy atom. The number of amides is 1. The maximum atomic E-state index is 12.3. The Hall–Kier alpha value is -0.770. The van der Waals surface area contributed by atoms with Gasteiger partial charge in [0.1, 0.15) is 18.3 Å². The minimum absolute atomic E-state index is 0.341. The Labute approximate surface area is 136 Å². The molecule has 136 valence electrons. The molecule has 1 saturated heterocycles. The van der Waals surface area contributed by atoms with Crippen LogP contribution in [0.2, 0.25) is 0 Å². The number of rotatable bonds is 9. The Kier molecular flexibility index (Phi) is 8.38. The highest BCUT2D eigenvalue weighted by Crippen LogP contribution is 2.30. The van der Waals surface area contributed by atoms with Gasteiger partial charge in [-0.05, 0) is 6.42 Å². The number of unbranched alkanes of at least 4 members (excludes halogenated alkanes) is 4. The van der Waals surface area contributed by atoms with E-state index in [9.17, 15) is 20.1 Å². The lowest BCUT2D eigenvalue weighted by Crippen LogP contribution is -2.72. The largest absolute Gasteiger partial charge is 0.394 e. The standard InChI is InChI=1S/C15H29NO7/c1-3-4-5-6-7-8-16-13(20)15(21)12(19)11(18)10(9-17)23-14(15)22-2/h10-12,14,17-19,21H,3-9H2,1-2H3,(H,16,20)/t10-,11-,12+,14+,15+/m1/s1. The van der Waals surface area contributed by atoms with Crippen LogP contribution in [-0.4, -0.2) is 76.8 Å². The molecule has 0 spiro atoms. The first-order valence-electron chi connectivity index (χ1n) is 8.09. The average molecular weight is 335 g/mol. The van der Waals surface area contributed by atoms with Gasteiger partial charge in [0.2, 0.25) is 5.60 Å². The third-order valence-electron chi connectivity index (χ3n) is 4.14. The van der Waals surface area contributed by atoms with Crippen LogP contribution in [-0.2, 0) is 14.3 Å². The van der Waals surface area contributed by atoms with Crippen molar-refractivity contribution in [3.05, 3.63) is 0 Å². The van der Waals surface area contributed by atoms with Crippen LogP contribution in [0.15, 0.2) is 0 Å². The van der Waals surface area contributed by atoms with E-state index in [4.69, 9.17) is 14.6 Å². The second-order valence-electron chi connectivity index (χ2n) is 5.86. The van der Waals surface area contributed by atoms with Gasteiger partial charge in [0.25, 0.3) is 5.91 Å². The van der Waals surface area contributed by atoms with Gasteiger partial charge in [0, 0.05) is 13.7 Å². The highest BCUT2D eigenvalue weighted by Gasteiger charge is 2.59. The molecule has 0 aliphatic carbocycles. The Balaban J connectivity index is 2.63. The molecule has 1 heterocycles. The third-order valence-corrected chi connectivity index (χ3v) is 4.14. The summed E-state index contributed by atoms with van der Waals surface area (Å²) in [6, 6.07) is 0. The molecule has 0 unspecified atom stereocenters. The minimum Gasteiger partial charge on any atom is -0.394 e. The maximum Gasteiger partial charge on any atom is 0.260 e. The number of aliphatic hydroxyl groups excluding tert-OH is 3. The summed E-state index contributed by atoms with van der Waals surface area (Å²) < 4.78 is 10.1. The second-order valence-corrected chi connectivity index (χ2v) is 5.86. The van der Waals surface area contributed by atoms with Crippen LogP contribution in [0.3, 0.4) is 0 Å². The van der Waals surface area contributed by atoms with E-state index in [-0.39, 0.29) is 0 Å². The first-order valence-corrected chi connectivity index (χ1v) is 8.09. The molecule has 8 heteroatoms. The van der Waals surface area contributed by atoms with Crippen molar-refractivity contribution in [3.63, 3.8) is 0 Å². The van der Waals surface area contributed by atoms with Gasteiger partial charge in [-0.25, -0.2) is 0 Å². The lowest BCUT2D eigenvalue weighted by atomic mass is 9.85. The first kappa shape index (κ1) is 20.3. The number of methoxy groups -OCH3 is 1. The predicted octanol–water partition coefficient (Wildman–Crippen LogP) is -1.11. The molecular formula is C15H29NO7. The molecule has 1 aliphatic rings. The predicted molar refractivity (Wildman–Crippen MR) is 81.5 cm³/mol. The molecule has 0 aromatic carbocycles. The number of nitrogens with one attached hydrogen (secondary N) is 1. The van der Waals surface area contributed by atoms with Gasteiger partial charge in [0.05, 0.1) is 6.61 Å². The van der Waals surface area contributed by atoms with E-state index in [1.165, 1.54) is 7.11 Å². The quantitative estimate of drug-likeness (QED) is 0.338. The monoisotopic (exact) mass is 335 g/mol. The molecule has 23 heavy (non-hydrogen) atoms. The lowest BCUT2D eigenvalue weighted by Gasteiger charge is -2.45. The van der Waals surface area contributed by atoms with Crippen molar-refractivity contribution in [1.82, 2.24) is 5.32 Å². The number of ether oxygens (including phenoxy) is 2. The van der Waals surface area contributed by atoms with Crippen LogP contribution in [0.4, 0.5) is 0 Å². The summed E-state index contributed by atoms with van der Waals surface area (Å²) in [4.78, 5) is 12.3. The van der Waals surface area contributed by atoms with Crippen molar-refractivity contribution < 1.29 is 34.7 Å². The van der Waals surface area contributed by atoms with Gasteiger partial charge in [0.15, 0.2) is 6.29 Å². The van der Waals surface area contributed by atoms with Crippen LogP contribution in [0, 0.1) is 0 Å². The van der Waals surface area contributed by atoms with Crippen LogP contribution in [0.5, 0.6) is 0 Å². The molecule has 1 amide bonds. The Morgan fingerprint density at radius 2 is 1.91 bits per heavy atom. The van der Waals surface area contributed by atoms with Crippen molar-refractivity contribution in [2.45, 2.75) is 69.2 Å². The fraction of sp³-hybridized carbons (Fsp3) is 0.933. The molecule has 0 bridgehead atoms. The number of aliphatic hydroxyl groups is 4. The van der Waals surface area contributed by atoms with Crippen LogP contribution < -0.4 is 5.32 Å². The number of carbonyl (C=O) groups is 1. The zero-order valence-electron chi connectivity index (χ0n) is 13.8. The molecular weight excluding hydrogens is 306 g/mol. The van der Waals surface area contributed by atoms with Gasteiger partial charge >= 0.3 is 0 Å². The smallest absolute Gasteiger partial charge is 0.260 e. The average Bonchev–Trinajstić information content (AvgIpc) is 2.56. The summed E-state index contributed by atoms with van der Waals surface area (Å²) in [7, 11) is 1.20. The number of hydrogen-bond acceptors (Lipinski definition) is 7. The van der Waals surface area contributed by atoms with Gasteiger partial charge in [-0.3, -0.25) is 4.79 Å². The normalized spacial score (nSPS) is 34.3. The number of hydrogen-bond donors (Lipinski definition) is 5. The zero-order valence-corrected chi connectivity index (χ0v) is 13.8. The second kappa shape index (κ2) is 9.51. The van der Waals surface area contributed by atoms with Gasteiger partial charge in [-0.2, -0.15) is 0 Å². The van der Waals surface area contributed by atoms with Crippen molar-refractivity contribution in [2.24, 2.45) is 0 Å². The Bertz CT molecular complexity index is 364. The summed E-state index contributed by atoms with van der Waals surface area (Å²) in [5.74, 6) is -0.872. The first-order chi connectivity index (χ1) is 10.9. The fourth-order valence-corrected chi connectivity index (χ4v) is 2.65. The van der Waals surface area contributed by atoms with Crippen LogP contribution in [0.1, 0.15) is 39.0 Å². The van der Waals surface area contributed by atoms with E-state index in [1.807, 2.05) is 0 Å². The van der Waals surface area contributed by atoms with Crippen LogP contribution >= 0.6 is 0 Å². The molecule has 1 rings (SSSR count). The molecule has 0 radical (unpaired) electrons. The lowest BCUT2D eigenvalue weighted by molar-refractivity contribution is -0.324. The SMILES string of the molecule is CCCCCCCNC(=O)[C@]1(O)[C@@H](OC)O[C@H](CO)[C@@H](O)[C@@H]1O. The topological polar surface area (TPSA) is 128 Å². The van der Waals surface area contributed by atoms with Crippen molar-refractivity contribution in [2.75, 3.05) is 20.3 Å². The van der Waals surface area contributed by atoms with Gasteiger partial charge in [-0.1, -0.05) is 32.6 Å². The molecule has 1 aliphatic heterocycles. The summed E-state index contributed by atoms with van der Waals surface area (Å²) in [5.41, 5.74) is -2.44. The third kappa shape index (κ3) is 4.62. The van der Waals surface area contributed by atoms with E-state index in [2.05, 4.69) is 12.2 Å². The highest BCUT2D eigenvalue weighted by atomic mass is 16.7. The maximum absolute atomic E-state index is 12.3. The summed E-state index contributed by atoms with van der Waals surface area (Å²) in [6.07, 6.45) is -1.05. The Morgan fingerprint density at radius 1 is 1.26 bits per heavy atom. The van der Waals surface area contributed by atoms with E-state index >= 15 is 0 Å². The highest BCUT2D eigenvalue weighted by molar-refractivity contribution is 5.86. The molecule has 8 nitrogen and oxygen atoms in total. The molecule has 5 atom stereocenters. The molecule has 0 aromatic rings. The van der Waals surface area contributed by atoms with Crippen LogP contribution in [0.25, 0.3) is 0 Å². The molecule has 0 saturated carbocycles. The molecule has 0 aromatic heterocycles.